The summed E-state index contributed by atoms with van der Waals surface area (Å²) in [6, 6.07) is 4.60. The lowest BCUT2D eigenvalue weighted by atomic mass is 9.99. The molecule has 1 N–H and O–H groups in total. The highest BCUT2D eigenvalue weighted by Crippen LogP contribution is 2.26. The highest BCUT2D eigenvalue weighted by Gasteiger charge is 2.24. The molecule has 1 aliphatic heterocycles. The Kier molecular flexibility index (Phi) is 4.51. The van der Waals surface area contributed by atoms with Crippen LogP contribution in [0.2, 0.25) is 5.02 Å². The fourth-order valence-corrected chi connectivity index (χ4v) is 2.91. The Hall–Kier alpha value is -0.740. The van der Waals surface area contributed by atoms with Gasteiger partial charge in [-0.15, -0.1) is 0 Å². The molecule has 1 unspecified atom stereocenters. The lowest BCUT2D eigenvalue weighted by Gasteiger charge is -2.32. The SMILES string of the molecule is O=C(c1ccc(O)c(Cl)c1)N1CCCC(CBr)C1. The molecule has 1 saturated heterocycles. The van der Waals surface area contributed by atoms with Crippen LogP contribution in [0, 0.1) is 5.92 Å². The zero-order chi connectivity index (χ0) is 13.1. The van der Waals surface area contributed by atoms with E-state index < -0.39 is 0 Å². The molecule has 1 aromatic rings. The number of hydrogen-bond donors (Lipinski definition) is 1. The Morgan fingerprint density at radius 2 is 2.33 bits per heavy atom. The number of aromatic hydroxyl groups is 1. The molecular weight excluding hydrogens is 318 g/mol. The lowest BCUT2D eigenvalue weighted by molar-refractivity contribution is 0.0686. The number of hydrogen-bond acceptors (Lipinski definition) is 2. The summed E-state index contributed by atoms with van der Waals surface area (Å²) in [5.41, 5.74) is 0.535. The van der Waals surface area contributed by atoms with Gasteiger partial charge in [-0.2, -0.15) is 0 Å². The standard InChI is InChI=1S/C13H15BrClNO2/c14-7-9-2-1-5-16(8-9)13(18)10-3-4-12(17)11(15)6-10/h3-4,6,9,17H,1-2,5,7-8H2. The molecule has 98 valence electrons. The van der Waals surface area contributed by atoms with Crippen molar-refractivity contribution in [2.75, 3.05) is 18.4 Å². The van der Waals surface area contributed by atoms with E-state index >= 15 is 0 Å². The summed E-state index contributed by atoms with van der Waals surface area (Å²) in [7, 11) is 0. The highest BCUT2D eigenvalue weighted by molar-refractivity contribution is 9.09. The van der Waals surface area contributed by atoms with Crippen LogP contribution >= 0.6 is 27.5 Å². The molecule has 5 heteroatoms. The summed E-state index contributed by atoms with van der Waals surface area (Å²) in [5.74, 6) is 0.517. The van der Waals surface area contributed by atoms with Gasteiger partial charge in [0.05, 0.1) is 5.02 Å². The third kappa shape index (κ3) is 2.98. The monoisotopic (exact) mass is 331 g/mol. The molecule has 1 aromatic carbocycles. The summed E-state index contributed by atoms with van der Waals surface area (Å²) < 4.78 is 0. The molecule has 1 amide bonds. The lowest BCUT2D eigenvalue weighted by Crippen LogP contribution is -2.40. The minimum atomic E-state index is -0.0115. The van der Waals surface area contributed by atoms with Gasteiger partial charge in [-0.3, -0.25) is 4.79 Å². The average Bonchev–Trinajstić information content (AvgIpc) is 2.41. The predicted octanol–water partition coefficient (Wildman–Crippen LogP) is 3.29. The Bertz CT molecular complexity index is 453. The smallest absolute Gasteiger partial charge is 0.253 e. The van der Waals surface area contributed by atoms with E-state index in [1.807, 2.05) is 4.90 Å². The number of carbonyl (C=O) groups is 1. The number of carbonyl (C=O) groups excluding carboxylic acids is 1. The Morgan fingerprint density at radius 3 is 3.00 bits per heavy atom. The maximum Gasteiger partial charge on any atom is 0.253 e. The molecule has 3 nitrogen and oxygen atoms in total. The summed E-state index contributed by atoms with van der Waals surface area (Å²) in [6.45, 7) is 1.57. The van der Waals surface area contributed by atoms with Gasteiger partial charge in [0.25, 0.3) is 5.91 Å². The summed E-state index contributed by atoms with van der Waals surface area (Å²) in [6.07, 6.45) is 2.19. The minimum Gasteiger partial charge on any atom is -0.506 e. The van der Waals surface area contributed by atoms with Crippen LogP contribution < -0.4 is 0 Å². The van der Waals surface area contributed by atoms with E-state index in [1.54, 1.807) is 6.07 Å². The van der Waals surface area contributed by atoms with E-state index in [1.165, 1.54) is 12.1 Å². The molecule has 18 heavy (non-hydrogen) atoms. The normalized spacial score (nSPS) is 19.9. The number of rotatable bonds is 2. The van der Waals surface area contributed by atoms with Gasteiger partial charge in [-0.1, -0.05) is 27.5 Å². The second-order valence-corrected chi connectivity index (χ2v) is 5.63. The van der Waals surface area contributed by atoms with Crippen LogP contribution in [0.5, 0.6) is 5.75 Å². The van der Waals surface area contributed by atoms with Crippen molar-refractivity contribution in [1.29, 1.82) is 0 Å². The molecule has 0 radical (unpaired) electrons. The predicted molar refractivity (Wildman–Crippen MR) is 75.5 cm³/mol. The van der Waals surface area contributed by atoms with Crippen molar-refractivity contribution in [2.45, 2.75) is 12.8 Å². The van der Waals surface area contributed by atoms with Gasteiger partial charge in [-0.05, 0) is 37.0 Å². The van der Waals surface area contributed by atoms with E-state index in [4.69, 9.17) is 11.6 Å². The van der Waals surface area contributed by atoms with Crippen LogP contribution in [0.25, 0.3) is 0 Å². The zero-order valence-corrected chi connectivity index (χ0v) is 12.2. The molecule has 1 fully saturated rings. The Morgan fingerprint density at radius 1 is 1.56 bits per heavy atom. The van der Waals surface area contributed by atoms with Crippen molar-refractivity contribution < 1.29 is 9.90 Å². The van der Waals surface area contributed by atoms with E-state index in [9.17, 15) is 9.90 Å². The fraction of sp³-hybridized carbons (Fsp3) is 0.462. The van der Waals surface area contributed by atoms with Crippen molar-refractivity contribution in [3.63, 3.8) is 0 Å². The number of benzene rings is 1. The number of piperidine rings is 1. The number of phenols is 1. The van der Waals surface area contributed by atoms with Gasteiger partial charge in [-0.25, -0.2) is 0 Å². The van der Waals surface area contributed by atoms with E-state index in [0.717, 1.165) is 31.3 Å². The number of phenolic OH excluding ortho intramolecular Hbond substituents is 1. The topological polar surface area (TPSA) is 40.5 Å². The average molecular weight is 333 g/mol. The molecule has 0 saturated carbocycles. The second-order valence-electron chi connectivity index (χ2n) is 4.58. The van der Waals surface area contributed by atoms with Crippen molar-refractivity contribution in [3.8, 4) is 5.75 Å². The van der Waals surface area contributed by atoms with Crippen molar-refractivity contribution in [3.05, 3.63) is 28.8 Å². The van der Waals surface area contributed by atoms with E-state index in [0.29, 0.717) is 11.5 Å². The molecule has 1 heterocycles. The number of halogens is 2. The van der Waals surface area contributed by atoms with Crippen LogP contribution in [-0.4, -0.2) is 34.3 Å². The number of likely N-dealkylation sites (tertiary alicyclic amines) is 1. The maximum atomic E-state index is 12.3. The van der Waals surface area contributed by atoms with Crippen molar-refractivity contribution in [2.24, 2.45) is 5.92 Å². The maximum absolute atomic E-state index is 12.3. The van der Waals surface area contributed by atoms with Crippen LogP contribution in [-0.2, 0) is 0 Å². The summed E-state index contributed by atoms with van der Waals surface area (Å²) >= 11 is 9.30. The van der Waals surface area contributed by atoms with Gasteiger partial charge in [0.15, 0.2) is 0 Å². The first-order valence-corrected chi connectivity index (χ1v) is 7.45. The van der Waals surface area contributed by atoms with Crippen LogP contribution in [0.4, 0.5) is 0 Å². The fourth-order valence-electron chi connectivity index (χ4n) is 2.20. The second kappa shape index (κ2) is 5.93. The number of alkyl halides is 1. The highest BCUT2D eigenvalue weighted by atomic mass is 79.9. The van der Waals surface area contributed by atoms with Crippen LogP contribution in [0.15, 0.2) is 18.2 Å². The van der Waals surface area contributed by atoms with Crippen LogP contribution in [0.3, 0.4) is 0 Å². The first kappa shape index (κ1) is 13.7. The van der Waals surface area contributed by atoms with Crippen LogP contribution in [0.1, 0.15) is 23.2 Å². The summed E-state index contributed by atoms with van der Waals surface area (Å²) in [5, 5.41) is 10.5. The molecule has 0 bridgehead atoms. The third-order valence-corrected chi connectivity index (χ3v) is 4.44. The minimum absolute atomic E-state index is 0.00481. The van der Waals surface area contributed by atoms with Gasteiger partial charge < -0.3 is 10.0 Å². The van der Waals surface area contributed by atoms with Gasteiger partial charge in [0, 0.05) is 24.0 Å². The largest absolute Gasteiger partial charge is 0.506 e. The van der Waals surface area contributed by atoms with Crippen molar-refractivity contribution in [1.82, 2.24) is 4.90 Å². The molecule has 0 aliphatic carbocycles. The number of amides is 1. The third-order valence-electron chi connectivity index (χ3n) is 3.22. The van der Waals surface area contributed by atoms with E-state index in [-0.39, 0.29) is 16.7 Å². The molecule has 0 spiro atoms. The Labute approximate surface area is 120 Å². The molecular formula is C13H15BrClNO2. The first-order chi connectivity index (χ1) is 8.61. The van der Waals surface area contributed by atoms with Gasteiger partial charge >= 0.3 is 0 Å². The number of nitrogens with zero attached hydrogens (tertiary/aromatic N) is 1. The molecule has 1 aliphatic rings. The quantitative estimate of drug-likeness (QED) is 0.844. The molecule has 2 rings (SSSR count). The zero-order valence-electron chi connectivity index (χ0n) is 9.90. The van der Waals surface area contributed by atoms with E-state index in [2.05, 4.69) is 15.9 Å². The first-order valence-electron chi connectivity index (χ1n) is 5.95. The molecule has 0 aromatic heterocycles. The molecule has 1 atom stereocenters. The van der Waals surface area contributed by atoms with Gasteiger partial charge in [0.1, 0.15) is 5.75 Å². The summed E-state index contributed by atoms with van der Waals surface area (Å²) in [4.78, 5) is 14.2. The van der Waals surface area contributed by atoms with Gasteiger partial charge in [0.2, 0.25) is 0 Å². The van der Waals surface area contributed by atoms with Crippen molar-refractivity contribution >= 4 is 33.4 Å². The Balaban J connectivity index is 2.12.